The molecule has 2 N–H and O–H groups in total. The highest BCUT2D eigenvalue weighted by atomic mass is 19.1. The summed E-state index contributed by atoms with van der Waals surface area (Å²) in [6, 6.07) is 11.7. The summed E-state index contributed by atoms with van der Waals surface area (Å²) in [6.45, 7) is 3.61. The normalized spacial score (nSPS) is 11.8. The minimum atomic E-state index is -1.10. The van der Waals surface area contributed by atoms with Crippen LogP contribution in [-0.4, -0.2) is 24.2 Å². The molecule has 0 radical (unpaired) electrons. The van der Waals surface area contributed by atoms with Gasteiger partial charge >= 0.3 is 0 Å². The van der Waals surface area contributed by atoms with Crippen LogP contribution in [0.15, 0.2) is 42.5 Å². The maximum absolute atomic E-state index is 13.5. The summed E-state index contributed by atoms with van der Waals surface area (Å²) in [4.78, 5) is 11.8. The monoisotopic (exact) mass is 317 g/mol. The summed E-state index contributed by atoms with van der Waals surface area (Å²) in [5.41, 5.74) is 2.14. The third kappa shape index (κ3) is 4.79. The smallest absolute Gasteiger partial charge is 0.258 e. The number of aliphatic hydroxyl groups excluding tert-OH is 1. The Morgan fingerprint density at radius 3 is 2.74 bits per heavy atom. The molecule has 0 saturated heterocycles. The Hall–Kier alpha value is -2.40. The van der Waals surface area contributed by atoms with E-state index in [0.29, 0.717) is 5.75 Å². The predicted octanol–water partition coefficient (Wildman–Crippen LogP) is 2.67. The van der Waals surface area contributed by atoms with Gasteiger partial charge < -0.3 is 15.2 Å². The Labute approximate surface area is 134 Å². The molecule has 2 aromatic carbocycles. The molecule has 122 valence electrons. The van der Waals surface area contributed by atoms with Gasteiger partial charge in [0, 0.05) is 12.1 Å². The van der Waals surface area contributed by atoms with Gasteiger partial charge in [0.05, 0.1) is 6.10 Å². The highest BCUT2D eigenvalue weighted by molar-refractivity contribution is 5.77. The molecule has 0 fully saturated rings. The summed E-state index contributed by atoms with van der Waals surface area (Å²) in [6.07, 6.45) is -1.10. The first-order valence-electron chi connectivity index (χ1n) is 7.36. The van der Waals surface area contributed by atoms with Crippen molar-refractivity contribution in [3.63, 3.8) is 0 Å². The van der Waals surface area contributed by atoms with Crippen LogP contribution in [0, 0.1) is 19.7 Å². The van der Waals surface area contributed by atoms with Gasteiger partial charge in [-0.15, -0.1) is 0 Å². The molecule has 23 heavy (non-hydrogen) atoms. The minimum Gasteiger partial charge on any atom is -0.483 e. The summed E-state index contributed by atoms with van der Waals surface area (Å²) in [5, 5.41) is 12.5. The average molecular weight is 317 g/mol. The lowest BCUT2D eigenvalue weighted by Crippen LogP contribution is -2.32. The zero-order valence-electron chi connectivity index (χ0n) is 13.2. The van der Waals surface area contributed by atoms with Crippen molar-refractivity contribution >= 4 is 5.91 Å². The number of carbonyl (C=O) groups is 1. The number of amides is 1. The summed E-state index contributed by atoms with van der Waals surface area (Å²) in [7, 11) is 0. The Morgan fingerprint density at radius 2 is 2.00 bits per heavy atom. The number of rotatable bonds is 6. The first-order chi connectivity index (χ1) is 11.0. The Bertz CT molecular complexity index is 688. The number of carbonyl (C=O) groups excluding carboxylic acids is 1. The van der Waals surface area contributed by atoms with Gasteiger partial charge in [0.25, 0.3) is 5.91 Å². The van der Waals surface area contributed by atoms with Gasteiger partial charge in [-0.05, 0) is 37.1 Å². The second-order valence-corrected chi connectivity index (χ2v) is 5.40. The lowest BCUT2D eigenvalue weighted by Gasteiger charge is -2.14. The molecule has 0 heterocycles. The molecule has 4 nitrogen and oxygen atoms in total. The Kier molecular flexibility index (Phi) is 5.71. The predicted molar refractivity (Wildman–Crippen MR) is 85.8 cm³/mol. The quantitative estimate of drug-likeness (QED) is 0.861. The molecule has 2 rings (SSSR count). The Morgan fingerprint density at radius 1 is 1.26 bits per heavy atom. The average Bonchev–Trinajstić information content (AvgIpc) is 2.54. The first-order valence-corrected chi connectivity index (χ1v) is 7.36. The fourth-order valence-corrected chi connectivity index (χ4v) is 2.12. The summed E-state index contributed by atoms with van der Waals surface area (Å²) in [5.74, 6) is -0.225. The molecule has 0 bridgehead atoms. The van der Waals surface area contributed by atoms with Crippen LogP contribution >= 0.6 is 0 Å². The van der Waals surface area contributed by atoms with E-state index in [1.165, 1.54) is 12.1 Å². The largest absolute Gasteiger partial charge is 0.483 e. The number of nitrogens with one attached hydrogen (secondary N) is 1. The van der Waals surface area contributed by atoms with Crippen LogP contribution in [0.25, 0.3) is 0 Å². The van der Waals surface area contributed by atoms with Gasteiger partial charge in [-0.2, -0.15) is 0 Å². The number of aryl methyl sites for hydroxylation is 2. The number of aliphatic hydroxyl groups is 1. The van der Waals surface area contributed by atoms with Crippen LogP contribution in [-0.2, 0) is 4.79 Å². The molecule has 0 aliphatic rings. The number of hydrogen-bond donors (Lipinski definition) is 2. The van der Waals surface area contributed by atoms with Crippen molar-refractivity contribution in [2.75, 3.05) is 13.2 Å². The van der Waals surface area contributed by atoms with Crippen molar-refractivity contribution in [2.45, 2.75) is 20.0 Å². The van der Waals surface area contributed by atoms with E-state index in [1.807, 2.05) is 32.0 Å². The maximum atomic E-state index is 13.5. The molecule has 1 atom stereocenters. The molecule has 0 aromatic heterocycles. The summed E-state index contributed by atoms with van der Waals surface area (Å²) >= 11 is 0. The minimum absolute atomic E-state index is 0.0735. The lowest BCUT2D eigenvalue weighted by molar-refractivity contribution is -0.123. The van der Waals surface area contributed by atoms with Gasteiger partial charge in [-0.25, -0.2) is 4.39 Å². The van der Waals surface area contributed by atoms with Crippen LogP contribution in [0.5, 0.6) is 5.75 Å². The molecular formula is C18H20FNO3. The summed E-state index contributed by atoms with van der Waals surface area (Å²) < 4.78 is 19.0. The SMILES string of the molecule is Cc1ccc(C)c(OCC(=O)NCC(O)c2ccccc2F)c1. The number of ether oxygens (including phenoxy) is 1. The number of hydrogen-bond acceptors (Lipinski definition) is 3. The van der Waals surface area contributed by atoms with Gasteiger partial charge in [0.1, 0.15) is 11.6 Å². The number of halogens is 1. The third-order valence-corrected chi connectivity index (χ3v) is 3.46. The van der Waals surface area contributed by atoms with Crippen molar-refractivity contribution < 1.29 is 19.0 Å². The highest BCUT2D eigenvalue weighted by Crippen LogP contribution is 2.19. The second-order valence-electron chi connectivity index (χ2n) is 5.40. The van der Waals surface area contributed by atoms with E-state index in [2.05, 4.69) is 5.32 Å². The fourth-order valence-electron chi connectivity index (χ4n) is 2.12. The van der Waals surface area contributed by atoms with Crippen molar-refractivity contribution in [1.82, 2.24) is 5.32 Å². The molecule has 5 heteroatoms. The molecule has 0 aliphatic heterocycles. The van der Waals surface area contributed by atoms with Crippen LogP contribution in [0.3, 0.4) is 0 Å². The van der Waals surface area contributed by atoms with Crippen molar-refractivity contribution in [3.05, 3.63) is 65.0 Å². The van der Waals surface area contributed by atoms with E-state index in [0.717, 1.165) is 11.1 Å². The van der Waals surface area contributed by atoms with Crippen molar-refractivity contribution in [1.29, 1.82) is 0 Å². The zero-order chi connectivity index (χ0) is 16.8. The molecule has 0 aliphatic carbocycles. The molecular weight excluding hydrogens is 297 g/mol. The van der Waals surface area contributed by atoms with Crippen molar-refractivity contribution in [3.8, 4) is 5.75 Å². The number of benzene rings is 2. The van der Waals surface area contributed by atoms with E-state index in [9.17, 15) is 14.3 Å². The van der Waals surface area contributed by atoms with Crippen LogP contribution in [0.4, 0.5) is 4.39 Å². The van der Waals surface area contributed by atoms with E-state index in [4.69, 9.17) is 4.74 Å². The van der Waals surface area contributed by atoms with Gasteiger partial charge in [-0.1, -0.05) is 30.3 Å². The van der Waals surface area contributed by atoms with Gasteiger partial charge in [0.15, 0.2) is 6.61 Å². The van der Waals surface area contributed by atoms with E-state index >= 15 is 0 Å². The van der Waals surface area contributed by atoms with Gasteiger partial charge in [0.2, 0.25) is 0 Å². The molecule has 1 amide bonds. The van der Waals surface area contributed by atoms with E-state index in [-0.39, 0.29) is 24.6 Å². The van der Waals surface area contributed by atoms with Gasteiger partial charge in [-0.3, -0.25) is 4.79 Å². The topological polar surface area (TPSA) is 58.6 Å². The Balaban J connectivity index is 1.83. The molecule has 2 aromatic rings. The van der Waals surface area contributed by atoms with E-state index < -0.39 is 11.9 Å². The lowest BCUT2D eigenvalue weighted by atomic mass is 10.1. The highest BCUT2D eigenvalue weighted by Gasteiger charge is 2.13. The molecule has 0 saturated carbocycles. The van der Waals surface area contributed by atoms with E-state index in [1.54, 1.807) is 12.1 Å². The van der Waals surface area contributed by atoms with Crippen LogP contribution in [0.1, 0.15) is 22.8 Å². The van der Waals surface area contributed by atoms with Crippen LogP contribution < -0.4 is 10.1 Å². The molecule has 0 spiro atoms. The maximum Gasteiger partial charge on any atom is 0.258 e. The second kappa shape index (κ2) is 7.74. The fraction of sp³-hybridized carbons (Fsp3) is 0.278. The van der Waals surface area contributed by atoms with Crippen molar-refractivity contribution in [2.24, 2.45) is 0 Å². The zero-order valence-corrected chi connectivity index (χ0v) is 13.2. The first kappa shape index (κ1) is 17.0. The molecule has 1 unspecified atom stereocenters. The van der Waals surface area contributed by atoms with Crippen LogP contribution in [0.2, 0.25) is 0 Å². The third-order valence-electron chi connectivity index (χ3n) is 3.46. The standard InChI is InChI=1S/C18H20FNO3/c1-12-7-8-13(2)17(9-12)23-11-18(22)20-10-16(21)14-5-3-4-6-15(14)19/h3-9,16,21H,10-11H2,1-2H3,(H,20,22).